The number of methoxy groups -OCH3 is 1. The van der Waals surface area contributed by atoms with Crippen molar-refractivity contribution in [3.8, 4) is 5.75 Å². The zero-order chi connectivity index (χ0) is 17.3. The number of carbonyl (C=O) groups excluding carboxylic acids is 1. The molecule has 7 heteroatoms. The quantitative estimate of drug-likeness (QED) is 0.914. The topological polar surface area (TPSA) is 85.4 Å². The molecule has 0 saturated carbocycles. The smallest absolute Gasteiger partial charge is 0.281 e. The third kappa shape index (κ3) is 2.99. The van der Waals surface area contributed by atoms with Gasteiger partial charge in [0.2, 0.25) is 5.91 Å². The van der Waals surface area contributed by atoms with Gasteiger partial charge >= 0.3 is 0 Å². The number of aryl methyl sites for hydroxylation is 1. The Morgan fingerprint density at radius 1 is 1.29 bits per heavy atom. The average Bonchev–Trinajstić information content (AvgIpc) is 2.99. The fraction of sp³-hybridized carbons (Fsp3) is 0.294. The number of sulfonamides is 1. The van der Waals surface area contributed by atoms with Crippen LogP contribution in [-0.4, -0.2) is 26.4 Å². The molecular weight excluding hydrogens is 328 g/mol. The minimum atomic E-state index is -3.97. The molecule has 0 radical (unpaired) electrons. The van der Waals surface area contributed by atoms with Crippen LogP contribution in [-0.2, 0) is 21.2 Å². The summed E-state index contributed by atoms with van der Waals surface area (Å²) in [7, 11) is -2.39. The number of benzene rings is 1. The summed E-state index contributed by atoms with van der Waals surface area (Å²) in [5.74, 6) is -0.314. The number of fused-ring (bicyclic) bond motifs is 1. The molecule has 0 fully saturated rings. The minimum absolute atomic E-state index is 0.162. The molecule has 1 heterocycles. The first-order valence-electron chi connectivity index (χ1n) is 7.57. The van der Waals surface area contributed by atoms with Gasteiger partial charge in [-0.2, -0.15) is 8.42 Å². The van der Waals surface area contributed by atoms with Gasteiger partial charge in [0.05, 0.1) is 13.0 Å². The third-order valence-electron chi connectivity index (χ3n) is 4.16. The summed E-state index contributed by atoms with van der Waals surface area (Å²) in [4.78, 5) is 16.4. The average molecular weight is 346 g/mol. The minimum Gasteiger partial charge on any atom is -0.496 e. The van der Waals surface area contributed by atoms with Gasteiger partial charge in [0.1, 0.15) is 5.75 Å². The predicted octanol–water partition coefficient (Wildman–Crippen LogP) is 1.93. The standard InChI is InChI=1S/C17H18N2O4S/c1-11-6-9-16(18-10-11)24(21,22)19-17(20)14-8-7-13-12(14)4-3-5-15(13)23-2/h3-6,9-10,14H,7-8H2,1-2H3,(H,19,20). The summed E-state index contributed by atoms with van der Waals surface area (Å²) in [6.45, 7) is 1.81. The zero-order valence-corrected chi connectivity index (χ0v) is 14.3. The molecule has 126 valence electrons. The van der Waals surface area contributed by atoms with E-state index in [0.717, 1.165) is 22.4 Å². The SMILES string of the molecule is COc1cccc2c1CCC2C(=O)NS(=O)(=O)c1ccc(C)cn1. The molecule has 1 aromatic carbocycles. The van der Waals surface area contributed by atoms with Crippen LogP contribution < -0.4 is 9.46 Å². The van der Waals surface area contributed by atoms with Crippen LogP contribution in [0.5, 0.6) is 5.75 Å². The number of ether oxygens (including phenoxy) is 1. The number of carbonyl (C=O) groups is 1. The number of rotatable bonds is 4. The Kier molecular flexibility index (Phi) is 4.28. The summed E-state index contributed by atoms with van der Waals surface area (Å²) in [6, 6.07) is 8.51. The van der Waals surface area contributed by atoms with E-state index in [-0.39, 0.29) is 5.03 Å². The maximum absolute atomic E-state index is 12.5. The van der Waals surface area contributed by atoms with Crippen molar-refractivity contribution in [3.63, 3.8) is 0 Å². The van der Waals surface area contributed by atoms with Crippen molar-refractivity contribution in [2.75, 3.05) is 7.11 Å². The molecule has 0 bridgehead atoms. The van der Waals surface area contributed by atoms with Gasteiger partial charge in [-0.05, 0) is 48.6 Å². The molecule has 1 aromatic heterocycles. The Hall–Kier alpha value is -2.41. The molecule has 1 unspecified atom stereocenters. The van der Waals surface area contributed by atoms with Gasteiger partial charge in [-0.1, -0.05) is 18.2 Å². The second-order valence-electron chi connectivity index (χ2n) is 5.76. The van der Waals surface area contributed by atoms with Crippen molar-refractivity contribution < 1.29 is 17.9 Å². The van der Waals surface area contributed by atoms with E-state index >= 15 is 0 Å². The monoisotopic (exact) mass is 346 g/mol. The molecule has 3 rings (SSSR count). The summed E-state index contributed by atoms with van der Waals surface area (Å²) in [5, 5.41) is -0.162. The highest BCUT2D eigenvalue weighted by Gasteiger charge is 2.33. The number of aromatic nitrogens is 1. The lowest BCUT2D eigenvalue weighted by Crippen LogP contribution is -2.34. The molecule has 0 spiro atoms. The Bertz CT molecular complexity index is 876. The molecule has 2 aromatic rings. The van der Waals surface area contributed by atoms with E-state index in [2.05, 4.69) is 9.71 Å². The summed E-state index contributed by atoms with van der Waals surface area (Å²) in [6.07, 6.45) is 2.69. The Morgan fingerprint density at radius 2 is 2.08 bits per heavy atom. The van der Waals surface area contributed by atoms with E-state index < -0.39 is 21.8 Å². The number of nitrogens with zero attached hydrogens (tertiary/aromatic N) is 1. The first-order valence-corrected chi connectivity index (χ1v) is 9.06. The highest BCUT2D eigenvalue weighted by Crippen LogP contribution is 2.38. The van der Waals surface area contributed by atoms with Crippen LogP contribution in [0.2, 0.25) is 0 Å². The molecule has 0 saturated heterocycles. The van der Waals surface area contributed by atoms with Crippen molar-refractivity contribution in [2.45, 2.75) is 30.7 Å². The molecule has 24 heavy (non-hydrogen) atoms. The molecule has 1 N–H and O–H groups in total. The van der Waals surface area contributed by atoms with Crippen LogP contribution in [0.15, 0.2) is 41.6 Å². The van der Waals surface area contributed by atoms with Gasteiger partial charge in [-0.3, -0.25) is 4.79 Å². The molecule has 1 amide bonds. The van der Waals surface area contributed by atoms with Crippen LogP contribution in [0.3, 0.4) is 0 Å². The Morgan fingerprint density at radius 3 is 2.75 bits per heavy atom. The highest BCUT2D eigenvalue weighted by molar-refractivity contribution is 7.90. The van der Waals surface area contributed by atoms with Crippen LogP contribution in [0, 0.1) is 6.92 Å². The molecule has 0 aliphatic heterocycles. The lowest BCUT2D eigenvalue weighted by Gasteiger charge is -2.13. The second kappa shape index (κ2) is 6.24. The maximum Gasteiger partial charge on any atom is 0.281 e. The van der Waals surface area contributed by atoms with Crippen molar-refractivity contribution >= 4 is 15.9 Å². The first kappa shape index (κ1) is 16.4. The van der Waals surface area contributed by atoms with E-state index in [1.54, 1.807) is 19.2 Å². The van der Waals surface area contributed by atoms with E-state index in [1.807, 2.05) is 19.1 Å². The molecule has 1 aliphatic carbocycles. The summed E-state index contributed by atoms with van der Waals surface area (Å²) < 4.78 is 32.1. The van der Waals surface area contributed by atoms with Gasteiger partial charge in [0.25, 0.3) is 10.0 Å². The number of amides is 1. The van der Waals surface area contributed by atoms with E-state index in [1.165, 1.54) is 12.3 Å². The van der Waals surface area contributed by atoms with Gasteiger partial charge in [0, 0.05) is 6.20 Å². The third-order valence-corrected chi connectivity index (χ3v) is 5.42. The Labute approximate surface area is 140 Å². The van der Waals surface area contributed by atoms with Crippen LogP contribution in [0.1, 0.15) is 29.0 Å². The van der Waals surface area contributed by atoms with E-state index in [4.69, 9.17) is 4.74 Å². The molecule has 6 nitrogen and oxygen atoms in total. The molecular formula is C17H18N2O4S. The van der Waals surface area contributed by atoms with Crippen LogP contribution in [0.25, 0.3) is 0 Å². The molecule has 1 atom stereocenters. The predicted molar refractivity (Wildman–Crippen MR) is 88.4 cm³/mol. The van der Waals surface area contributed by atoms with Gasteiger partial charge in [-0.15, -0.1) is 0 Å². The fourth-order valence-electron chi connectivity index (χ4n) is 2.95. The van der Waals surface area contributed by atoms with Crippen molar-refractivity contribution in [1.82, 2.24) is 9.71 Å². The van der Waals surface area contributed by atoms with Gasteiger partial charge in [-0.25, -0.2) is 9.71 Å². The van der Waals surface area contributed by atoms with Crippen molar-refractivity contribution in [1.29, 1.82) is 0 Å². The van der Waals surface area contributed by atoms with Crippen LogP contribution in [0.4, 0.5) is 0 Å². The van der Waals surface area contributed by atoms with E-state index in [0.29, 0.717) is 12.8 Å². The largest absolute Gasteiger partial charge is 0.496 e. The second-order valence-corrected chi connectivity index (χ2v) is 7.39. The van der Waals surface area contributed by atoms with Gasteiger partial charge < -0.3 is 4.74 Å². The van der Waals surface area contributed by atoms with Crippen molar-refractivity contribution in [3.05, 3.63) is 53.2 Å². The highest BCUT2D eigenvalue weighted by atomic mass is 32.2. The lowest BCUT2D eigenvalue weighted by atomic mass is 10.0. The maximum atomic E-state index is 12.5. The van der Waals surface area contributed by atoms with Crippen LogP contribution >= 0.6 is 0 Å². The zero-order valence-electron chi connectivity index (χ0n) is 13.4. The number of nitrogens with one attached hydrogen (secondary N) is 1. The normalized spacial score (nSPS) is 16.5. The van der Waals surface area contributed by atoms with Gasteiger partial charge in [0.15, 0.2) is 5.03 Å². The fourth-order valence-corrected chi connectivity index (χ4v) is 3.90. The van der Waals surface area contributed by atoms with Crippen molar-refractivity contribution in [2.24, 2.45) is 0 Å². The summed E-state index contributed by atoms with van der Waals surface area (Å²) in [5.41, 5.74) is 2.63. The Balaban J connectivity index is 1.83. The lowest BCUT2D eigenvalue weighted by molar-refractivity contribution is -0.120. The first-order chi connectivity index (χ1) is 11.4. The number of hydrogen-bond acceptors (Lipinski definition) is 5. The number of pyridine rings is 1. The molecule has 1 aliphatic rings. The number of hydrogen-bond donors (Lipinski definition) is 1. The van der Waals surface area contributed by atoms with E-state index in [9.17, 15) is 13.2 Å². The summed E-state index contributed by atoms with van der Waals surface area (Å²) >= 11 is 0.